The molecule has 6 nitrogen and oxygen atoms in total. The predicted molar refractivity (Wildman–Crippen MR) is 194 cm³/mol. The van der Waals surface area contributed by atoms with Crippen molar-refractivity contribution in [2.24, 2.45) is 0 Å². The third-order valence-corrected chi connectivity index (χ3v) is 9.12. The zero-order valence-corrected chi connectivity index (χ0v) is 27.9. The zero-order valence-electron chi connectivity index (χ0n) is 27.9. The molecule has 7 rings (SSSR count). The van der Waals surface area contributed by atoms with Crippen LogP contribution in [0, 0.1) is 0 Å². The van der Waals surface area contributed by atoms with Crippen molar-refractivity contribution in [3.63, 3.8) is 0 Å². The molecule has 0 aliphatic carbocycles. The van der Waals surface area contributed by atoms with E-state index in [4.69, 9.17) is 23.7 Å². The van der Waals surface area contributed by atoms with Crippen LogP contribution in [-0.4, -0.2) is 36.1 Å². The molecule has 0 saturated carbocycles. The van der Waals surface area contributed by atoms with Gasteiger partial charge in [0.2, 0.25) is 0 Å². The minimum Gasteiger partial charge on any atom is -0.508 e. The van der Waals surface area contributed by atoms with Gasteiger partial charge in [-0.1, -0.05) is 152 Å². The van der Waals surface area contributed by atoms with Crippen molar-refractivity contribution >= 4 is 10.8 Å². The first-order valence-corrected chi connectivity index (χ1v) is 17.2. The quantitative estimate of drug-likeness (QED) is 0.125. The van der Waals surface area contributed by atoms with Gasteiger partial charge >= 0.3 is 0 Å². The number of hydrogen-bond acceptors (Lipinski definition) is 6. The van der Waals surface area contributed by atoms with Crippen molar-refractivity contribution < 1.29 is 28.8 Å². The molecule has 0 unspecified atom stereocenters. The topological polar surface area (TPSA) is 66.4 Å². The maximum Gasteiger partial charge on any atom is 0.122 e. The minimum absolute atomic E-state index is 0.136. The summed E-state index contributed by atoms with van der Waals surface area (Å²) in [5.41, 5.74) is 4.81. The van der Waals surface area contributed by atoms with E-state index in [9.17, 15) is 5.11 Å². The van der Waals surface area contributed by atoms with Gasteiger partial charge < -0.3 is 28.8 Å². The van der Waals surface area contributed by atoms with E-state index in [0.29, 0.717) is 32.0 Å². The van der Waals surface area contributed by atoms with Crippen LogP contribution in [0.25, 0.3) is 10.8 Å². The molecule has 6 heteroatoms. The number of rotatable bonds is 14. The second-order valence-electron chi connectivity index (χ2n) is 12.6. The lowest BCUT2D eigenvalue weighted by Crippen LogP contribution is -2.58. The van der Waals surface area contributed by atoms with Crippen molar-refractivity contribution in [1.29, 1.82) is 0 Å². The Balaban J connectivity index is 1.29. The molecule has 6 aromatic rings. The van der Waals surface area contributed by atoms with Gasteiger partial charge in [-0.15, -0.1) is 0 Å². The number of fused-ring (bicyclic) bond motifs is 1. The Kier molecular flexibility index (Phi) is 11.3. The number of phenols is 1. The fourth-order valence-electron chi connectivity index (χ4n) is 6.60. The molecule has 1 aliphatic rings. The lowest BCUT2D eigenvalue weighted by Gasteiger charge is -2.46. The van der Waals surface area contributed by atoms with Crippen LogP contribution in [0.5, 0.6) is 5.75 Å². The largest absolute Gasteiger partial charge is 0.508 e. The summed E-state index contributed by atoms with van der Waals surface area (Å²) in [4.78, 5) is 0. The van der Waals surface area contributed by atoms with Crippen LogP contribution < -0.4 is 0 Å². The number of hydrogen-bond donors (Lipinski definition) is 1. The third-order valence-electron chi connectivity index (χ3n) is 9.12. The van der Waals surface area contributed by atoms with Crippen molar-refractivity contribution in [3.8, 4) is 5.75 Å². The molecular weight excluding hydrogens is 624 g/mol. The first-order valence-electron chi connectivity index (χ1n) is 17.2. The van der Waals surface area contributed by atoms with E-state index in [0.717, 1.165) is 33.0 Å². The van der Waals surface area contributed by atoms with Gasteiger partial charge in [0.1, 0.15) is 36.3 Å². The second-order valence-corrected chi connectivity index (χ2v) is 12.6. The lowest BCUT2D eigenvalue weighted by molar-refractivity contribution is -0.275. The smallest absolute Gasteiger partial charge is 0.122 e. The molecule has 0 spiro atoms. The van der Waals surface area contributed by atoms with Crippen molar-refractivity contribution in [2.75, 3.05) is 6.61 Å². The van der Waals surface area contributed by atoms with Crippen LogP contribution in [0.2, 0.25) is 0 Å². The van der Waals surface area contributed by atoms with Gasteiger partial charge in [-0.2, -0.15) is 0 Å². The average molecular weight is 667 g/mol. The highest BCUT2D eigenvalue weighted by molar-refractivity contribution is 5.88. The molecule has 5 atom stereocenters. The molecular formula is C44H42O6. The van der Waals surface area contributed by atoms with Crippen molar-refractivity contribution in [2.45, 2.75) is 56.9 Å². The number of ether oxygens (including phenoxy) is 5. The number of aromatic hydroxyl groups is 1. The van der Waals surface area contributed by atoms with Crippen LogP contribution in [0.15, 0.2) is 158 Å². The van der Waals surface area contributed by atoms with E-state index in [1.54, 1.807) is 6.07 Å². The molecule has 0 bridgehead atoms. The minimum atomic E-state index is -0.701. The molecule has 0 radical (unpaired) electrons. The molecule has 0 amide bonds. The van der Waals surface area contributed by atoms with E-state index in [1.807, 2.05) is 152 Å². The Morgan fingerprint density at radius 3 is 1.48 bits per heavy atom. The molecule has 6 aromatic carbocycles. The summed E-state index contributed by atoms with van der Waals surface area (Å²) in [6.45, 7) is 1.67. The molecule has 50 heavy (non-hydrogen) atoms. The summed E-state index contributed by atoms with van der Waals surface area (Å²) >= 11 is 0. The van der Waals surface area contributed by atoms with Gasteiger partial charge in [-0.25, -0.2) is 0 Å². The van der Waals surface area contributed by atoms with E-state index >= 15 is 0 Å². The van der Waals surface area contributed by atoms with E-state index in [1.165, 1.54) is 0 Å². The van der Waals surface area contributed by atoms with Crippen LogP contribution in [0.4, 0.5) is 0 Å². The highest BCUT2D eigenvalue weighted by atomic mass is 16.6. The molecule has 1 saturated heterocycles. The standard InChI is InChI=1S/C44H42O6/c45-38-26-25-36-23-13-14-24-37(36)40(38)42-44(49-30-35-21-11-4-12-22-35)43(48-29-34-19-9-3-10-20-34)41(47-28-33-17-7-2-8-18-33)39(50-42)31-46-27-32-15-5-1-6-16-32/h1-26,39,41-45H,27-31H2/t39-,41-,42-,43+,44-/m1/s1. The molecule has 0 aromatic heterocycles. The zero-order chi connectivity index (χ0) is 34.0. The first kappa shape index (κ1) is 33.7. The van der Waals surface area contributed by atoms with Gasteiger partial charge in [0.15, 0.2) is 0 Å². The second kappa shape index (κ2) is 16.7. The average Bonchev–Trinajstić information content (AvgIpc) is 3.17. The highest BCUT2D eigenvalue weighted by Crippen LogP contribution is 2.44. The van der Waals surface area contributed by atoms with E-state index in [2.05, 4.69) is 0 Å². The fraction of sp³-hybridized carbons (Fsp3) is 0.227. The van der Waals surface area contributed by atoms with Crippen molar-refractivity contribution in [1.82, 2.24) is 0 Å². The molecule has 1 heterocycles. The Hall–Kier alpha value is -4.82. The maximum atomic E-state index is 11.5. The number of phenolic OH excluding ortho intramolecular Hbond substituents is 1. The summed E-state index contributed by atoms with van der Waals surface area (Å²) in [6, 6.07) is 52.0. The van der Waals surface area contributed by atoms with Gasteiger partial charge in [0.05, 0.1) is 33.0 Å². The van der Waals surface area contributed by atoms with Crippen LogP contribution in [0.3, 0.4) is 0 Å². The summed E-state index contributed by atoms with van der Waals surface area (Å²) in [5, 5.41) is 13.4. The van der Waals surface area contributed by atoms with Gasteiger partial charge in [-0.3, -0.25) is 0 Å². The maximum absolute atomic E-state index is 11.5. The Bertz CT molecular complexity index is 1900. The van der Waals surface area contributed by atoms with Gasteiger partial charge in [0, 0.05) is 5.56 Å². The lowest BCUT2D eigenvalue weighted by atomic mass is 9.87. The van der Waals surface area contributed by atoms with Crippen LogP contribution in [0.1, 0.15) is 33.9 Å². The number of benzene rings is 6. The summed E-state index contributed by atoms with van der Waals surface area (Å²) in [5.74, 6) is 0.136. The molecule has 1 fully saturated rings. The normalized spacial score (nSPS) is 20.5. The van der Waals surface area contributed by atoms with Crippen LogP contribution >= 0.6 is 0 Å². The van der Waals surface area contributed by atoms with Crippen molar-refractivity contribution in [3.05, 3.63) is 186 Å². The van der Waals surface area contributed by atoms with Gasteiger partial charge in [-0.05, 0) is 39.1 Å². The Labute approximate surface area is 293 Å². The first-order chi connectivity index (χ1) is 24.7. The van der Waals surface area contributed by atoms with Gasteiger partial charge in [0.25, 0.3) is 0 Å². The molecule has 1 aliphatic heterocycles. The van der Waals surface area contributed by atoms with E-state index < -0.39 is 30.5 Å². The molecule has 254 valence electrons. The Morgan fingerprint density at radius 1 is 0.460 bits per heavy atom. The SMILES string of the molecule is Oc1ccc2ccccc2c1[C@H]1O[C@H](COCc2ccccc2)[C@@H](OCc2ccccc2)[C@H](OCc2ccccc2)[C@@H]1OCc1ccccc1. The summed E-state index contributed by atoms with van der Waals surface area (Å²) < 4.78 is 34.0. The highest BCUT2D eigenvalue weighted by Gasteiger charge is 2.50. The fourth-order valence-corrected chi connectivity index (χ4v) is 6.60. The van der Waals surface area contributed by atoms with Crippen LogP contribution in [-0.2, 0) is 50.1 Å². The third kappa shape index (κ3) is 8.30. The Morgan fingerprint density at radius 2 is 0.920 bits per heavy atom. The van der Waals surface area contributed by atoms with E-state index in [-0.39, 0.29) is 12.4 Å². The molecule has 1 N–H and O–H groups in total. The predicted octanol–water partition coefficient (Wildman–Crippen LogP) is 8.96. The monoisotopic (exact) mass is 666 g/mol. The summed E-state index contributed by atoms with van der Waals surface area (Å²) in [7, 11) is 0. The summed E-state index contributed by atoms with van der Waals surface area (Å²) in [6.07, 6.45) is -3.06.